The molecule has 19 heavy (non-hydrogen) atoms. The van der Waals surface area contributed by atoms with Crippen molar-refractivity contribution >= 4 is 21.9 Å². The minimum Gasteiger partial charge on any atom is -0.480 e. The van der Waals surface area contributed by atoms with Crippen LogP contribution in [0.5, 0.6) is 0 Å². The van der Waals surface area contributed by atoms with Gasteiger partial charge in [-0.25, -0.2) is 0 Å². The number of carboxylic acid groups (broad SMARTS) is 1. The highest BCUT2D eigenvalue weighted by Crippen LogP contribution is 2.14. The molecular weight excluding hydrogens is 306 g/mol. The smallest absolute Gasteiger partial charge is 0.317 e. The lowest BCUT2D eigenvalue weighted by Crippen LogP contribution is -2.22. The molecule has 0 unspecified atom stereocenters. The SMILES string of the molecule is NC1CCCCC1.O=C(O)[C@H](Br)Cc1ccccc1. The zero-order chi connectivity index (χ0) is 14.1. The van der Waals surface area contributed by atoms with E-state index < -0.39 is 10.8 Å². The van der Waals surface area contributed by atoms with Gasteiger partial charge in [0.15, 0.2) is 0 Å². The fourth-order valence-electron chi connectivity index (χ4n) is 2.04. The Kier molecular flexibility index (Phi) is 7.75. The molecular formula is C15H22BrNO2. The van der Waals surface area contributed by atoms with Gasteiger partial charge in [0, 0.05) is 6.04 Å². The summed E-state index contributed by atoms with van der Waals surface area (Å²) < 4.78 is 0. The van der Waals surface area contributed by atoms with E-state index in [-0.39, 0.29) is 0 Å². The van der Waals surface area contributed by atoms with Gasteiger partial charge in [-0.15, -0.1) is 0 Å². The number of halogens is 1. The van der Waals surface area contributed by atoms with Gasteiger partial charge in [-0.1, -0.05) is 65.5 Å². The zero-order valence-electron chi connectivity index (χ0n) is 11.1. The molecule has 3 nitrogen and oxygen atoms in total. The van der Waals surface area contributed by atoms with Gasteiger partial charge in [-0.2, -0.15) is 0 Å². The molecule has 4 heteroatoms. The summed E-state index contributed by atoms with van der Waals surface area (Å²) in [6.45, 7) is 0. The van der Waals surface area contributed by atoms with Crippen molar-refractivity contribution in [3.63, 3.8) is 0 Å². The summed E-state index contributed by atoms with van der Waals surface area (Å²) in [4.78, 5) is 9.97. The van der Waals surface area contributed by atoms with Gasteiger partial charge in [0.05, 0.1) is 0 Å². The second kappa shape index (κ2) is 9.10. The maximum absolute atomic E-state index is 10.5. The number of benzene rings is 1. The van der Waals surface area contributed by atoms with Crippen LogP contribution in [0.4, 0.5) is 0 Å². The Morgan fingerprint density at radius 2 is 1.84 bits per heavy atom. The molecule has 1 aromatic rings. The predicted octanol–water partition coefficient (Wildman–Crippen LogP) is 3.36. The van der Waals surface area contributed by atoms with E-state index in [0.717, 1.165) is 5.56 Å². The fraction of sp³-hybridized carbons (Fsp3) is 0.533. The maximum atomic E-state index is 10.5. The molecule has 1 aliphatic carbocycles. The quantitative estimate of drug-likeness (QED) is 0.837. The third kappa shape index (κ3) is 7.33. The fourth-order valence-corrected chi connectivity index (χ4v) is 2.42. The maximum Gasteiger partial charge on any atom is 0.317 e. The minimum atomic E-state index is -0.821. The van der Waals surface area contributed by atoms with Gasteiger partial charge in [0.2, 0.25) is 0 Å². The molecule has 1 aromatic carbocycles. The standard InChI is InChI=1S/C9H9BrO2.C6H13N/c10-8(9(11)12)6-7-4-2-1-3-5-7;7-6-4-2-1-3-5-6/h1-5,8H,6H2,(H,11,12);6H,1-5,7H2/t8-;/m1./s1. The molecule has 3 N–H and O–H groups in total. The topological polar surface area (TPSA) is 63.3 Å². The Morgan fingerprint density at radius 1 is 1.26 bits per heavy atom. The monoisotopic (exact) mass is 327 g/mol. The van der Waals surface area contributed by atoms with E-state index in [2.05, 4.69) is 15.9 Å². The molecule has 0 bridgehead atoms. The van der Waals surface area contributed by atoms with Gasteiger partial charge in [0.1, 0.15) is 4.83 Å². The highest BCUT2D eigenvalue weighted by Gasteiger charge is 2.12. The van der Waals surface area contributed by atoms with Crippen LogP contribution >= 0.6 is 15.9 Å². The minimum absolute atomic E-state index is 0.486. The Labute approximate surface area is 123 Å². The van der Waals surface area contributed by atoms with E-state index in [1.807, 2.05) is 30.3 Å². The molecule has 1 atom stereocenters. The summed E-state index contributed by atoms with van der Waals surface area (Å²) in [6.07, 6.45) is 7.19. The molecule has 106 valence electrons. The Balaban J connectivity index is 0.000000218. The normalized spacial score (nSPS) is 17.2. The number of hydrogen-bond donors (Lipinski definition) is 2. The Morgan fingerprint density at radius 3 is 2.26 bits per heavy atom. The number of carbonyl (C=O) groups is 1. The lowest BCUT2D eigenvalue weighted by molar-refractivity contribution is -0.136. The number of nitrogens with two attached hydrogens (primary N) is 1. The largest absolute Gasteiger partial charge is 0.480 e. The first kappa shape index (κ1) is 16.2. The molecule has 0 amide bonds. The Hall–Kier alpha value is -0.870. The molecule has 0 spiro atoms. The van der Waals surface area contributed by atoms with Crippen LogP contribution in [0.2, 0.25) is 0 Å². The molecule has 1 saturated carbocycles. The van der Waals surface area contributed by atoms with Gasteiger partial charge in [0.25, 0.3) is 0 Å². The van der Waals surface area contributed by atoms with Gasteiger partial charge >= 0.3 is 5.97 Å². The summed E-state index contributed by atoms with van der Waals surface area (Å²) in [5.41, 5.74) is 6.66. The number of alkyl halides is 1. The molecule has 0 aromatic heterocycles. The van der Waals surface area contributed by atoms with E-state index in [1.54, 1.807) is 0 Å². The first-order valence-electron chi connectivity index (χ1n) is 6.76. The van der Waals surface area contributed by atoms with Crippen molar-refractivity contribution in [3.8, 4) is 0 Å². The van der Waals surface area contributed by atoms with Crippen LogP contribution in [-0.2, 0) is 11.2 Å². The second-order valence-electron chi connectivity index (χ2n) is 4.89. The summed E-state index contributed by atoms with van der Waals surface area (Å²) >= 11 is 3.08. The van der Waals surface area contributed by atoms with Gasteiger partial charge in [-0.05, 0) is 24.8 Å². The first-order chi connectivity index (χ1) is 9.09. The van der Waals surface area contributed by atoms with Crippen molar-refractivity contribution in [2.24, 2.45) is 5.73 Å². The lowest BCUT2D eigenvalue weighted by atomic mass is 9.97. The van der Waals surface area contributed by atoms with E-state index >= 15 is 0 Å². The molecule has 2 rings (SSSR count). The van der Waals surface area contributed by atoms with Crippen molar-refractivity contribution in [2.45, 2.75) is 49.4 Å². The summed E-state index contributed by atoms with van der Waals surface area (Å²) in [7, 11) is 0. The van der Waals surface area contributed by atoms with Crippen LogP contribution in [-0.4, -0.2) is 21.9 Å². The number of hydrogen-bond acceptors (Lipinski definition) is 2. The molecule has 1 aliphatic rings. The van der Waals surface area contributed by atoms with E-state index in [4.69, 9.17) is 10.8 Å². The van der Waals surface area contributed by atoms with Crippen LogP contribution in [0.15, 0.2) is 30.3 Å². The first-order valence-corrected chi connectivity index (χ1v) is 7.67. The zero-order valence-corrected chi connectivity index (χ0v) is 12.7. The van der Waals surface area contributed by atoms with Crippen molar-refractivity contribution in [1.29, 1.82) is 0 Å². The third-order valence-corrected chi connectivity index (χ3v) is 3.89. The van der Waals surface area contributed by atoms with E-state index in [0.29, 0.717) is 12.5 Å². The average Bonchev–Trinajstić information content (AvgIpc) is 2.41. The van der Waals surface area contributed by atoms with Crippen LogP contribution in [0.25, 0.3) is 0 Å². The van der Waals surface area contributed by atoms with Crippen molar-refractivity contribution in [1.82, 2.24) is 0 Å². The van der Waals surface area contributed by atoms with Crippen molar-refractivity contribution < 1.29 is 9.90 Å². The molecule has 0 radical (unpaired) electrons. The number of aliphatic carboxylic acids is 1. The second-order valence-corrected chi connectivity index (χ2v) is 6.00. The highest BCUT2D eigenvalue weighted by atomic mass is 79.9. The van der Waals surface area contributed by atoms with Crippen LogP contribution in [0, 0.1) is 0 Å². The summed E-state index contributed by atoms with van der Waals surface area (Å²) in [6, 6.07) is 10.1. The highest BCUT2D eigenvalue weighted by molar-refractivity contribution is 9.10. The van der Waals surface area contributed by atoms with E-state index in [9.17, 15) is 4.79 Å². The average molecular weight is 328 g/mol. The van der Waals surface area contributed by atoms with Gasteiger partial charge < -0.3 is 10.8 Å². The number of rotatable bonds is 3. The van der Waals surface area contributed by atoms with Crippen LogP contribution < -0.4 is 5.73 Å². The van der Waals surface area contributed by atoms with E-state index in [1.165, 1.54) is 32.1 Å². The molecule has 0 heterocycles. The van der Waals surface area contributed by atoms with Gasteiger partial charge in [-0.3, -0.25) is 4.79 Å². The molecule has 0 aliphatic heterocycles. The number of carboxylic acids is 1. The lowest BCUT2D eigenvalue weighted by Gasteiger charge is -2.15. The van der Waals surface area contributed by atoms with Crippen LogP contribution in [0.1, 0.15) is 37.7 Å². The summed E-state index contributed by atoms with van der Waals surface area (Å²) in [5.74, 6) is -0.821. The molecule has 1 fully saturated rings. The predicted molar refractivity (Wildman–Crippen MR) is 81.6 cm³/mol. The van der Waals surface area contributed by atoms with Crippen molar-refractivity contribution in [3.05, 3.63) is 35.9 Å². The van der Waals surface area contributed by atoms with Crippen molar-refractivity contribution in [2.75, 3.05) is 0 Å². The van der Waals surface area contributed by atoms with Crippen LogP contribution in [0.3, 0.4) is 0 Å². The molecule has 0 saturated heterocycles. The summed E-state index contributed by atoms with van der Waals surface area (Å²) in [5, 5.41) is 8.60. The third-order valence-electron chi connectivity index (χ3n) is 3.18. The Bertz CT molecular complexity index is 364.